The molecule has 0 aliphatic carbocycles. The van der Waals surface area contributed by atoms with E-state index in [0.29, 0.717) is 6.42 Å². The second-order valence-corrected chi connectivity index (χ2v) is 2.75. The zero-order chi connectivity index (χ0) is 8.97. The zero-order valence-corrected chi connectivity index (χ0v) is 7.12. The van der Waals surface area contributed by atoms with E-state index in [1.165, 1.54) is 0 Å². The third kappa shape index (κ3) is 1.84. The third-order valence-electron chi connectivity index (χ3n) is 1.80. The van der Waals surface area contributed by atoms with Crippen molar-refractivity contribution in [2.24, 2.45) is 5.73 Å². The number of rotatable bonds is 2. The van der Waals surface area contributed by atoms with Crippen molar-refractivity contribution < 1.29 is 0 Å². The SMILES string of the molecule is C#CCC(N)c1ccncc1C. The highest BCUT2D eigenvalue weighted by atomic mass is 14.7. The highest BCUT2D eigenvalue weighted by Crippen LogP contribution is 2.15. The van der Waals surface area contributed by atoms with Gasteiger partial charge in [0.15, 0.2) is 0 Å². The normalized spacial score (nSPS) is 12.1. The van der Waals surface area contributed by atoms with Crippen LogP contribution in [0.25, 0.3) is 0 Å². The van der Waals surface area contributed by atoms with E-state index in [1.807, 2.05) is 13.0 Å². The minimum absolute atomic E-state index is 0.0574. The first kappa shape index (κ1) is 8.76. The van der Waals surface area contributed by atoms with Gasteiger partial charge in [-0.05, 0) is 24.1 Å². The molecule has 1 unspecified atom stereocenters. The Morgan fingerprint density at radius 2 is 2.50 bits per heavy atom. The predicted octanol–water partition coefficient (Wildman–Crippen LogP) is 1.41. The van der Waals surface area contributed by atoms with Crippen LogP contribution in [0.4, 0.5) is 0 Å². The summed E-state index contributed by atoms with van der Waals surface area (Å²) in [5.41, 5.74) is 8.02. The molecule has 0 amide bonds. The lowest BCUT2D eigenvalue weighted by Gasteiger charge is -2.10. The van der Waals surface area contributed by atoms with Crippen LogP contribution in [0.5, 0.6) is 0 Å². The van der Waals surface area contributed by atoms with E-state index in [0.717, 1.165) is 11.1 Å². The van der Waals surface area contributed by atoms with Crippen LogP contribution in [-0.2, 0) is 0 Å². The van der Waals surface area contributed by atoms with E-state index >= 15 is 0 Å². The number of hydrogen-bond acceptors (Lipinski definition) is 2. The first-order valence-corrected chi connectivity index (χ1v) is 3.85. The fourth-order valence-electron chi connectivity index (χ4n) is 1.14. The van der Waals surface area contributed by atoms with Gasteiger partial charge in [0.1, 0.15) is 0 Å². The van der Waals surface area contributed by atoms with Crippen molar-refractivity contribution in [3.8, 4) is 12.3 Å². The number of pyridine rings is 1. The van der Waals surface area contributed by atoms with Crippen LogP contribution in [0.15, 0.2) is 18.5 Å². The lowest BCUT2D eigenvalue weighted by atomic mass is 10.0. The van der Waals surface area contributed by atoms with Gasteiger partial charge in [-0.25, -0.2) is 0 Å². The van der Waals surface area contributed by atoms with E-state index < -0.39 is 0 Å². The molecule has 1 aromatic heterocycles. The Hall–Kier alpha value is -1.33. The average molecular weight is 160 g/mol. The fourth-order valence-corrected chi connectivity index (χ4v) is 1.14. The number of nitrogens with two attached hydrogens (primary N) is 1. The first-order chi connectivity index (χ1) is 5.75. The maximum Gasteiger partial charge on any atom is 0.0409 e. The molecule has 1 rings (SSSR count). The number of terminal acetylenes is 1. The molecular formula is C10H12N2. The molecule has 2 N–H and O–H groups in total. The quantitative estimate of drug-likeness (QED) is 0.664. The van der Waals surface area contributed by atoms with Crippen LogP contribution >= 0.6 is 0 Å². The Kier molecular flexibility index (Phi) is 2.84. The maximum absolute atomic E-state index is 5.84. The van der Waals surface area contributed by atoms with Crippen molar-refractivity contribution in [2.75, 3.05) is 0 Å². The van der Waals surface area contributed by atoms with Gasteiger partial charge in [-0.2, -0.15) is 0 Å². The molecule has 2 nitrogen and oxygen atoms in total. The largest absolute Gasteiger partial charge is 0.323 e. The summed E-state index contributed by atoms with van der Waals surface area (Å²) in [6.45, 7) is 1.98. The molecule has 1 heterocycles. The number of aryl methyl sites for hydroxylation is 1. The molecule has 0 saturated heterocycles. The van der Waals surface area contributed by atoms with Gasteiger partial charge in [0.05, 0.1) is 0 Å². The Labute approximate surface area is 72.8 Å². The molecule has 0 aliphatic rings. The van der Waals surface area contributed by atoms with Crippen LogP contribution in [0.1, 0.15) is 23.6 Å². The third-order valence-corrected chi connectivity index (χ3v) is 1.80. The van der Waals surface area contributed by atoms with E-state index in [1.54, 1.807) is 12.4 Å². The molecule has 1 atom stereocenters. The van der Waals surface area contributed by atoms with Crippen molar-refractivity contribution in [3.05, 3.63) is 29.6 Å². The molecular weight excluding hydrogens is 148 g/mol. The minimum atomic E-state index is -0.0574. The van der Waals surface area contributed by atoms with Crippen molar-refractivity contribution in [1.82, 2.24) is 4.98 Å². The summed E-state index contributed by atoms with van der Waals surface area (Å²) in [6, 6.07) is 1.86. The van der Waals surface area contributed by atoms with Crippen LogP contribution < -0.4 is 5.73 Å². The molecule has 1 aromatic rings. The first-order valence-electron chi connectivity index (χ1n) is 3.85. The summed E-state index contributed by atoms with van der Waals surface area (Å²) < 4.78 is 0. The van der Waals surface area contributed by atoms with Gasteiger partial charge in [0.2, 0.25) is 0 Å². The van der Waals surface area contributed by atoms with Crippen molar-refractivity contribution in [1.29, 1.82) is 0 Å². The molecule has 0 spiro atoms. The number of nitrogens with zero attached hydrogens (tertiary/aromatic N) is 1. The highest BCUT2D eigenvalue weighted by molar-refractivity contribution is 5.25. The number of hydrogen-bond donors (Lipinski definition) is 1. The van der Waals surface area contributed by atoms with Crippen LogP contribution in [0.2, 0.25) is 0 Å². The Morgan fingerprint density at radius 1 is 1.75 bits per heavy atom. The van der Waals surface area contributed by atoms with E-state index in [9.17, 15) is 0 Å². The lowest BCUT2D eigenvalue weighted by Crippen LogP contribution is -2.10. The van der Waals surface area contributed by atoms with Crippen LogP contribution in [0.3, 0.4) is 0 Å². The van der Waals surface area contributed by atoms with Crippen molar-refractivity contribution in [2.45, 2.75) is 19.4 Å². The van der Waals surface area contributed by atoms with Gasteiger partial charge < -0.3 is 5.73 Å². The monoisotopic (exact) mass is 160 g/mol. The van der Waals surface area contributed by atoms with Crippen LogP contribution in [0, 0.1) is 19.3 Å². The van der Waals surface area contributed by atoms with E-state index in [-0.39, 0.29) is 6.04 Å². The van der Waals surface area contributed by atoms with Crippen molar-refractivity contribution >= 4 is 0 Å². The molecule has 0 saturated carbocycles. The molecule has 0 aliphatic heterocycles. The summed E-state index contributed by atoms with van der Waals surface area (Å²) in [6.07, 6.45) is 9.28. The second kappa shape index (κ2) is 3.89. The number of aromatic nitrogens is 1. The zero-order valence-electron chi connectivity index (χ0n) is 7.12. The van der Waals surface area contributed by atoms with E-state index in [4.69, 9.17) is 12.2 Å². The summed E-state index contributed by atoms with van der Waals surface area (Å²) in [5.74, 6) is 2.55. The molecule has 2 heteroatoms. The highest BCUT2D eigenvalue weighted by Gasteiger charge is 2.05. The maximum atomic E-state index is 5.84. The van der Waals surface area contributed by atoms with Gasteiger partial charge in [-0.15, -0.1) is 12.3 Å². The second-order valence-electron chi connectivity index (χ2n) is 2.75. The van der Waals surface area contributed by atoms with Gasteiger partial charge in [-0.3, -0.25) is 4.98 Å². The predicted molar refractivity (Wildman–Crippen MR) is 49.4 cm³/mol. The summed E-state index contributed by atoms with van der Waals surface area (Å²) in [4.78, 5) is 3.98. The Bertz CT molecular complexity index is 299. The average Bonchev–Trinajstić information content (AvgIpc) is 2.05. The Morgan fingerprint density at radius 3 is 3.08 bits per heavy atom. The van der Waals surface area contributed by atoms with Crippen molar-refractivity contribution in [3.63, 3.8) is 0 Å². The smallest absolute Gasteiger partial charge is 0.0409 e. The standard InChI is InChI=1S/C10H12N2/c1-3-4-10(11)9-5-6-12-7-8(9)2/h1,5-7,10H,4,11H2,2H3. The molecule has 12 heavy (non-hydrogen) atoms. The van der Waals surface area contributed by atoms with E-state index in [2.05, 4.69) is 10.9 Å². The van der Waals surface area contributed by atoms with Gasteiger partial charge in [-0.1, -0.05) is 0 Å². The molecule has 0 radical (unpaired) electrons. The summed E-state index contributed by atoms with van der Waals surface area (Å²) >= 11 is 0. The lowest BCUT2D eigenvalue weighted by molar-refractivity contribution is 0.746. The van der Waals surface area contributed by atoms with Gasteiger partial charge in [0.25, 0.3) is 0 Å². The molecule has 0 fully saturated rings. The molecule has 0 bridgehead atoms. The summed E-state index contributed by atoms with van der Waals surface area (Å²) in [7, 11) is 0. The van der Waals surface area contributed by atoms with Crippen LogP contribution in [-0.4, -0.2) is 4.98 Å². The summed E-state index contributed by atoms with van der Waals surface area (Å²) in [5, 5.41) is 0. The topological polar surface area (TPSA) is 38.9 Å². The minimum Gasteiger partial charge on any atom is -0.323 e. The molecule has 62 valence electrons. The van der Waals surface area contributed by atoms with Gasteiger partial charge in [0, 0.05) is 24.9 Å². The molecule has 0 aromatic carbocycles. The van der Waals surface area contributed by atoms with Gasteiger partial charge >= 0.3 is 0 Å². The fraction of sp³-hybridized carbons (Fsp3) is 0.300. The Balaban J connectivity index is 2.88.